The van der Waals surface area contributed by atoms with Gasteiger partial charge >= 0.3 is 0 Å². The molecule has 0 saturated heterocycles. The van der Waals surface area contributed by atoms with Crippen molar-refractivity contribution in [1.82, 2.24) is 14.3 Å². The van der Waals surface area contributed by atoms with Gasteiger partial charge in [-0.2, -0.15) is 0 Å². The van der Waals surface area contributed by atoms with Crippen LogP contribution in [0.15, 0.2) is 60.0 Å². The Bertz CT molecular complexity index is 830. The van der Waals surface area contributed by atoms with E-state index in [4.69, 9.17) is 4.74 Å². The van der Waals surface area contributed by atoms with Crippen LogP contribution in [0.1, 0.15) is 5.56 Å². The van der Waals surface area contributed by atoms with Crippen molar-refractivity contribution in [3.63, 3.8) is 0 Å². The number of imidazole rings is 1. The number of ether oxygens (including phenoxy) is 1. The third kappa shape index (κ3) is 3.71. The van der Waals surface area contributed by atoms with Gasteiger partial charge in [0.05, 0.1) is 24.6 Å². The number of carbonyl (C=O) groups excluding carboxylic acids is 1. The van der Waals surface area contributed by atoms with Gasteiger partial charge in [-0.25, -0.2) is 4.98 Å². The van der Waals surface area contributed by atoms with Gasteiger partial charge in [-0.3, -0.25) is 9.20 Å². The zero-order valence-corrected chi connectivity index (χ0v) is 14.5. The first kappa shape index (κ1) is 16.4. The highest BCUT2D eigenvalue weighted by Crippen LogP contribution is 2.19. The molecule has 0 unspecified atom stereocenters. The van der Waals surface area contributed by atoms with Crippen molar-refractivity contribution < 1.29 is 9.53 Å². The van der Waals surface area contributed by atoms with Crippen LogP contribution in [0.25, 0.3) is 5.52 Å². The van der Waals surface area contributed by atoms with Crippen LogP contribution in [-0.2, 0) is 11.3 Å². The van der Waals surface area contributed by atoms with Gasteiger partial charge in [0.2, 0.25) is 5.91 Å². The Morgan fingerprint density at radius 3 is 2.79 bits per heavy atom. The van der Waals surface area contributed by atoms with Crippen LogP contribution in [0.2, 0.25) is 0 Å². The minimum Gasteiger partial charge on any atom is -0.497 e. The molecular weight excluding hydrogens is 322 g/mol. The molecule has 3 rings (SSSR count). The molecule has 1 aromatic carbocycles. The summed E-state index contributed by atoms with van der Waals surface area (Å²) in [6.45, 7) is 0.575. The standard InChI is InChI=1S/C18H19N3O2S/c1-20(12-14-6-8-16(23-2)9-7-14)17(22)13-24-18-19-11-15-5-3-4-10-21(15)18/h3-11H,12-13H2,1-2H3. The third-order valence-electron chi connectivity index (χ3n) is 3.73. The lowest BCUT2D eigenvalue weighted by Gasteiger charge is -2.17. The van der Waals surface area contributed by atoms with Gasteiger partial charge in [0, 0.05) is 19.8 Å². The molecule has 0 bridgehead atoms. The lowest BCUT2D eigenvalue weighted by molar-refractivity contribution is -0.127. The van der Waals surface area contributed by atoms with Gasteiger partial charge in [0.15, 0.2) is 5.16 Å². The van der Waals surface area contributed by atoms with E-state index in [1.807, 2.05) is 66.3 Å². The summed E-state index contributed by atoms with van der Waals surface area (Å²) >= 11 is 1.45. The fourth-order valence-electron chi connectivity index (χ4n) is 2.36. The normalized spacial score (nSPS) is 10.8. The number of methoxy groups -OCH3 is 1. The second-order valence-electron chi connectivity index (χ2n) is 5.42. The van der Waals surface area contributed by atoms with Crippen molar-refractivity contribution >= 4 is 23.2 Å². The first-order valence-corrected chi connectivity index (χ1v) is 8.57. The van der Waals surface area contributed by atoms with Gasteiger partial charge in [0.25, 0.3) is 0 Å². The number of thioether (sulfide) groups is 1. The average Bonchev–Trinajstić information content (AvgIpc) is 3.03. The number of carbonyl (C=O) groups is 1. The topological polar surface area (TPSA) is 46.8 Å². The number of pyridine rings is 1. The minimum absolute atomic E-state index is 0.0727. The van der Waals surface area contributed by atoms with Gasteiger partial charge in [-0.1, -0.05) is 30.0 Å². The maximum absolute atomic E-state index is 12.3. The monoisotopic (exact) mass is 341 g/mol. The largest absolute Gasteiger partial charge is 0.497 e. The molecule has 2 aromatic heterocycles. The van der Waals surface area contributed by atoms with Crippen molar-refractivity contribution in [3.8, 4) is 5.75 Å². The Morgan fingerprint density at radius 1 is 1.25 bits per heavy atom. The number of hydrogen-bond donors (Lipinski definition) is 0. The molecule has 2 heterocycles. The molecule has 0 saturated carbocycles. The highest BCUT2D eigenvalue weighted by Gasteiger charge is 2.12. The summed E-state index contributed by atoms with van der Waals surface area (Å²) in [6, 6.07) is 13.7. The van der Waals surface area contributed by atoms with E-state index in [2.05, 4.69) is 4.98 Å². The lowest BCUT2D eigenvalue weighted by atomic mass is 10.2. The van der Waals surface area contributed by atoms with E-state index in [0.29, 0.717) is 12.3 Å². The highest BCUT2D eigenvalue weighted by atomic mass is 32.2. The second-order valence-corrected chi connectivity index (χ2v) is 6.37. The number of benzene rings is 1. The Labute approximate surface area is 145 Å². The molecule has 24 heavy (non-hydrogen) atoms. The molecule has 0 spiro atoms. The van der Waals surface area contributed by atoms with Crippen molar-refractivity contribution in [2.24, 2.45) is 0 Å². The predicted molar refractivity (Wildman–Crippen MR) is 95.4 cm³/mol. The number of nitrogens with zero attached hydrogens (tertiary/aromatic N) is 3. The summed E-state index contributed by atoms with van der Waals surface area (Å²) in [5.74, 6) is 1.25. The van der Waals surface area contributed by atoms with Gasteiger partial charge in [-0.15, -0.1) is 0 Å². The first-order chi connectivity index (χ1) is 11.7. The summed E-state index contributed by atoms with van der Waals surface area (Å²) in [6.07, 6.45) is 3.77. The van der Waals surface area contributed by atoms with E-state index in [-0.39, 0.29) is 5.91 Å². The fraction of sp³-hybridized carbons (Fsp3) is 0.222. The van der Waals surface area contributed by atoms with E-state index in [9.17, 15) is 4.79 Å². The number of hydrogen-bond acceptors (Lipinski definition) is 4. The van der Waals surface area contributed by atoms with E-state index in [1.165, 1.54) is 11.8 Å². The van der Waals surface area contributed by atoms with Crippen molar-refractivity contribution in [2.45, 2.75) is 11.7 Å². The first-order valence-electron chi connectivity index (χ1n) is 7.59. The highest BCUT2D eigenvalue weighted by molar-refractivity contribution is 7.99. The van der Waals surface area contributed by atoms with Gasteiger partial charge < -0.3 is 9.64 Å². The summed E-state index contributed by atoms with van der Waals surface area (Å²) < 4.78 is 7.13. The maximum Gasteiger partial charge on any atom is 0.233 e. The van der Waals surface area contributed by atoms with Crippen LogP contribution < -0.4 is 4.74 Å². The predicted octanol–water partition coefficient (Wildman–Crippen LogP) is 3.09. The third-order valence-corrected chi connectivity index (χ3v) is 4.69. The summed E-state index contributed by atoms with van der Waals surface area (Å²) in [7, 11) is 3.46. The molecule has 0 N–H and O–H groups in total. The molecule has 0 fully saturated rings. The molecule has 6 heteroatoms. The van der Waals surface area contributed by atoms with Crippen molar-refractivity contribution in [1.29, 1.82) is 0 Å². The summed E-state index contributed by atoms with van der Waals surface area (Å²) in [5, 5.41) is 0.830. The van der Waals surface area contributed by atoms with Crippen LogP contribution in [0.4, 0.5) is 0 Å². The minimum atomic E-state index is 0.0727. The van der Waals surface area contributed by atoms with Crippen molar-refractivity contribution in [3.05, 3.63) is 60.4 Å². The quantitative estimate of drug-likeness (QED) is 0.647. The number of aromatic nitrogens is 2. The molecule has 5 nitrogen and oxygen atoms in total. The number of amides is 1. The molecule has 0 atom stereocenters. The smallest absolute Gasteiger partial charge is 0.233 e. The lowest BCUT2D eigenvalue weighted by Crippen LogP contribution is -2.27. The van der Waals surface area contributed by atoms with Gasteiger partial charge in [-0.05, 0) is 29.8 Å². The molecule has 0 radical (unpaired) electrons. The Morgan fingerprint density at radius 2 is 2.04 bits per heavy atom. The van der Waals surface area contributed by atoms with Crippen LogP contribution in [0, 0.1) is 0 Å². The van der Waals surface area contributed by atoms with E-state index < -0.39 is 0 Å². The molecule has 1 amide bonds. The summed E-state index contributed by atoms with van der Waals surface area (Å²) in [5.41, 5.74) is 2.10. The Balaban J connectivity index is 1.57. The SMILES string of the molecule is COc1ccc(CN(C)C(=O)CSc2ncc3ccccn23)cc1. The van der Waals surface area contributed by atoms with E-state index in [1.54, 1.807) is 12.0 Å². The zero-order chi connectivity index (χ0) is 16.9. The molecule has 3 aromatic rings. The molecule has 0 aliphatic rings. The van der Waals surface area contributed by atoms with Crippen LogP contribution in [0.3, 0.4) is 0 Å². The molecule has 0 aliphatic heterocycles. The Hall–Kier alpha value is -2.47. The fourth-order valence-corrected chi connectivity index (χ4v) is 3.26. The van der Waals surface area contributed by atoms with Crippen LogP contribution in [-0.4, -0.2) is 40.1 Å². The van der Waals surface area contributed by atoms with E-state index >= 15 is 0 Å². The number of rotatable bonds is 6. The molecule has 0 aliphatic carbocycles. The molecular formula is C18H19N3O2S. The second kappa shape index (κ2) is 7.40. The van der Waals surface area contributed by atoms with E-state index in [0.717, 1.165) is 22.0 Å². The zero-order valence-electron chi connectivity index (χ0n) is 13.7. The van der Waals surface area contributed by atoms with Crippen molar-refractivity contribution in [2.75, 3.05) is 19.9 Å². The van der Waals surface area contributed by atoms with Crippen LogP contribution in [0.5, 0.6) is 5.75 Å². The van der Waals surface area contributed by atoms with Gasteiger partial charge in [0.1, 0.15) is 5.75 Å². The van der Waals surface area contributed by atoms with Crippen LogP contribution >= 0.6 is 11.8 Å². The number of fused-ring (bicyclic) bond motifs is 1. The maximum atomic E-state index is 12.3. The summed E-state index contributed by atoms with van der Waals surface area (Å²) in [4.78, 5) is 18.4. The average molecular weight is 341 g/mol. The Kier molecular flexibility index (Phi) is 5.05. The molecule has 124 valence electrons.